The van der Waals surface area contributed by atoms with Gasteiger partial charge in [0.15, 0.2) is 0 Å². The van der Waals surface area contributed by atoms with Crippen molar-refractivity contribution >= 4 is 11.6 Å². The van der Waals surface area contributed by atoms with E-state index >= 15 is 0 Å². The minimum atomic E-state index is -4.20. The number of hydrogen-bond acceptors (Lipinski definition) is 2. The molecule has 2 nitrogen and oxygen atoms in total. The van der Waals surface area contributed by atoms with Crippen LogP contribution in [0.15, 0.2) is 12.3 Å². The summed E-state index contributed by atoms with van der Waals surface area (Å²) in [6, 6.07) is 1.53. The zero-order valence-corrected chi connectivity index (χ0v) is 8.69. The first-order valence-corrected chi connectivity index (χ1v) is 4.58. The Kier molecular flexibility index (Phi) is 3.79. The molecule has 1 rings (SSSR count). The van der Waals surface area contributed by atoms with Crippen LogP contribution < -0.4 is 4.74 Å². The van der Waals surface area contributed by atoms with Crippen molar-refractivity contribution in [1.82, 2.24) is 4.98 Å². The lowest BCUT2D eigenvalue weighted by Crippen LogP contribution is -2.13. The summed E-state index contributed by atoms with van der Waals surface area (Å²) in [5.41, 5.74) is 0.664. The summed E-state index contributed by atoms with van der Waals surface area (Å²) >= 11 is 5.58. The molecule has 0 saturated heterocycles. The lowest BCUT2D eigenvalue weighted by Gasteiger charge is -2.10. The van der Waals surface area contributed by atoms with E-state index in [9.17, 15) is 13.2 Å². The van der Waals surface area contributed by atoms with E-state index in [1.54, 1.807) is 6.92 Å². The number of nitrogens with zero attached hydrogens (tertiary/aromatic N) is 1. The molecular formula is C9H9ClF3NO. The Morgan fingerprint density at radius 2 is 2.13 bits per heavy atom. The van der Waals surface area contributed by atoms with Crippen LogP contribution in [-0.4, -0.2) is 17.8 Å². The molecule has 0 unspecified atom stereocenters. The van der Waals surface area contributed by atoms with E-state index < -0.39 is 19.2 Å². The molecule has 0 aliphatic carbocycles. The highest BCUT2D eigenvalue weighted by Crippen LogP contribution is 2.22. The summed E-state index contributed by atoms with van der Waals surface area (Å²) in [5, 5.41) is 0.288. The molecule has 0 radical (unpaired) electrons. The summed E-state index contributed by atoms with van der Waals surface area (Å²) in [4.78, 5) is 3.71. The molecule has 0 bridgehead atoms. The van der Waals surface area contributed by atoms with Crippen molar-refractivity contribution in [2.45, 2.75) is 19.5 Å². The van der Waals surface area contributed by atoms with E-state index in [-0.39, 0.29) is 5.15 Å². The molecule has 1 aromatic rings. The zero-order chi connectivity index (χ0) is 11.5. The first-order chi connectivity index (χ1) is 6.88. The highest BCUT2D eigenvalue weighted by atomic mass is 35.5. The van der Waals surface area contributed by atoms with Crippen LogP contribution in [0.1, 0.15) is 12.0 Å². The maximum absolute atomic E-state index is 11.8. The molecule has 0 atom stereocenters. The third kappa shape index (κ3) is 4.38. The van der Waals surface area contributed by atoms with Gasteiger partial charge in [0.2, 0.25) is 0 Å². The number of hydrogen-bond donors (Lipinski definition) is 0. The Hall–Kier alpha value is -0.970. The highest BCUT2D eigenvalue weighted by molar-refractivity contribution is 6.29. The van der Waals surface area contributed by atoms with Crippen LogP contribution in [0, 0.1) is 6.92 Å². The van der Waals surface area contributed by atoms with Crippen molar-refractivity contribution < 1.29 is 17.9 Å². The topological polar surface area (TPSA) is 22.1 Å². The van der Waals surface area contributed by atoms with E-state index in [2.05, 4.69) is 4.98 Å². The molecule has 0 N–H and O–H groups in total. The average Bonchev–Trinajstić information content (AvgIpc) is 2.07. The standard InChI is InChI=1S/C9H9ClF3NO/c1-6-4-8(10)14-5-7(6)15-3-2-9(11,12)13/h4-5H,2-3H2,1H3. The quantitative estimate of drug-likeness (QED) is 0.755. The van der Waals surface area contributed by atoms with Crippen molar-refractivity contribution in [3.63, 3.8) is 0 Å². The van der Waals surface area contributed by atoms with Gasteiger partial charge in [0.05, 0.1) is 19.2 Å². The Morgan fingerprint density at radius 1 is 1.47 bits per heavy atom. The van der Waals surface area contributed by atoms with Gasteiger partial charge in [-0.3, -0.25) is 0 Å². The molecule has 0 aliphatic heterocycles. The Balaban J connectivity index is 2.51. The lowest BCUT2D eigenvalue weighted by molar-refractivity contribution is -0.139. The number of rotatable bonds is 3. The molecule has 0 aromatic carbocycles. The maximum atomic E-state index is 11.8. The van der Waals surface area contributed by atoms with Crippen LogP contribution in [0.5, 0.6) is 5.75 Å². The number of ether oxygens (including phenoxy) is 1. The summed E-state index contributed by atoms with van der Waals surface area (Å²) < 4.78 is 40.3. The number of pyridine rings is 1. The molecule has 15 heavy (non-hydrogen) atoms. The van der Waals surface area contributed by atoms with E-state index in [4.69, 9.17) is 16.3 Å². The molecule has 0 fully saturated rings. The Morgan fingerprint density at radius 3 is 2.67 bits per heavy atom. The van der Waals surface area contributed by atoms with Gasteiger partial charge in [0.1, 0.15) is 10.9 Å². The van der Waals surface area contributed by atoms with Crippen molar-refractivity contribution in [2.75, 3.05) is 6.61 Å². The minimum absolute atomic E-state index is 0.288. The van der Waals surface area contributed by atoms with E-state index in [1.165, 1.54) is 12.3 Å². The van der Waals surface area contributed by atoms with Gasteiger partial charge < -0.3 is 4.74 Å². The molecule has 1 heterocycles. The summed E-state index contributed by atoms with van der Waals surface area (Å²) in [6.45, 7) is 1.28. The molecule has 0 saturated carbocycles. The van der Waals surface area contributed by atoms with Crippen LogP contribution in [0.4, 0.5) is 13.2 Å². The first kappa shape index (κ1) is 12.1. The van der Waals surface area contributed by atoms with Gasteiger partial charge in [0, 0.05) is 0 Å². The van der Waals surface area contributed by atoms with Crippen LogP contribution in [0.3, 0.4) is 0 Å². The predicted octanol–water partition coefficient (Wildman–Crippen LogP) is 3.37. The van der Waals surface area contributed by atoms with Gasteiger partial charge >= 0.3 is 6.18 Å². The Labute approximate surface area is 90.0 Å². The van der Waals surface area contributed by atoms with E-state index in [0.29, 0.717) is 11.3 Å². The summed E-state index contributed by atoms with van der Waals surface area (Å²) in [7, 11) is 0. The van der Waals surface area contributed by atoms with Gasteiger partial charge in [-0.1, -0.05) is 11.6 Å². The van der Waals surface area contributed by atoms with Crippen LogP contribution >= 0.6 is 11.6 Å². The molecule has 0 aliphatic rings. The van der Waals surface area contributed by atoms with Gasteiger partial charge in [-0.25, -0.2) is 4.98 Å². The molecule has 6 heteroatoms. The number of alkyl halides is 3. The van der Waals surface area contributed by atoms with Crippen molar-refractivity contribution in [3.05, 3.63) is 23.0 Å². The second-order valence-electron chi connectivity index (χ2n) is 2.99. The normalized spacial score (nSPS) is 11.5. The summed E-state index contributed by atoms with van der Waals surface area (Å²) in [6.07, 6.45) is -3.86. The molecule has 0 spiro atoms. The SMILES string of the molecule is Cc1cc(Cl)ncc1OCCC(F)(F)F. The zero-order valence-electron chi connectivity index (χ0n) is 7.94. The van der Waals surface area contributed by atoms with Crippen molar-refractivity contribution in [3.8, 4) is 5.75 Å². The van der Waals surface area contributed by atoms with Crippen LogP contribution in [0.25, 0.3) is 0 Å². The average molecular weight is 240 g/mol. The fourth-order valence-electron chi connectivity index (χ4n) is 0.937. The van der Waals surface area contributed by atoms with E-state index in [0.717, 1.165) is 0 Å². The maximum Gasteiger partial charge on any atom is 0.392 e. The molecule has 0 amide bonds. The monoisotopic (exact) mass is 239 g/mol. The predicted molar refractivity (Wildman–Crippen MR) is 50.2 cm³/mol. The smallest absolute Gasteiger partial charge is 0.392 e. The first-order valence-electron chi connectivity index (χ1n) is 4.20. The largest absolute Gasteiger partial charge is 0.491 e. The highest BCUT2D eigenvalue weighted by Gasteiger charge is 2.26. The van der Waals surface area contributed by atoms with Crippen molar-refractivity contribution in [2.24, 2.45) is 0 Å². The second-order valence-corrected chi connectivity index (χ2v) is 3.37. The number of aryl methyl sites for hydroxylation is 1. The number of aromatic nitrogens is 1. The third-order valence-corrected chi connectivity index (χ3v) is 1.88. The molecule has 1 aromatic heterocycles. The molecule has 84 valence electrons. The summed E-state index contributed by atoms with van der Waals surface area (Å²) in [5.74, 6) is 0.323. The minimum Gasteiger partial charge on any atom is -0.491 e. The third-order valence-electron chi connectivity index (χ3n) is 1.67. The lowest BCUT2D eigenvalue weighted by atomic mass is 10.3. The van der Waals surface area contributed by atoms with Gasteiger partial charge in [-0.15, -0.1) is 0 Å². The van der Waals surface area contributed by atoms with Crippen LogP contribution in [0.2, 0.25) is 5.15 Å². The van der Waals surface area contributed by atoms with E-state index in [1.807, 2.05) is 0 Å². The van der Waals surface area contributed by atoms with Crippen LogP contribution in [-0.2, 0) is 0 Å². The number of halogens is 4. The molecular weight excluding hydrogens is 231 g/mol. The second kappa shape index (κ2) is 4.70. The van der Waals surface area contributed by atoms with Crippen molar-refractivity contribution in [1.29, 1.82) is 0 Å². The Bertz CT molecular complexity index is 341. The fourth-order valence-corrected chi connectivity index (χ4v) is 1.15. The van der Waals surface area contributed by atoms with Gasteiger partial charge in [-0.2, -0.15) is 13.2 Å². The van der Waals surface area contributed by atoms with Gasteiger partial charge in [-0.05, 0) is 18.6 Å². The fraction of sp³-hybridized carbons (Fsp3) is 0.444. The van der Waals surface area contributed by atoms with Gasteiger partial charge in [0.25, 0.3) is 0 Å².